The zero-order valence-corrected chi connectivity index (χ0v) is 12.0. The number of rotatable bonds is 9. The molecular formula is C15H32N2. The maximum absolute atomic E-state index is 3.39. The molecule has 2 heteroatoms. The highest BCUT2D eigenvalue weighted by molar-refractivity contribution is 4.68. The van der Waals surface area contributed by atoms with Crippen molar-refractivity contribution in [2.45, 2.75) is 58.3 Å². The van der Waals surface area contributed by atoms with Crippen molar-refractivity contribution in [2.24, 2.45) is 5.92 Å². The summed E-state index contributed by atoms with van der Waals surface area (Å²) in [5.41, 5.74) is 0. The Labute approximate surface area is 108 Å². The molecule has 0 unspecified atom stereocenters. The lowest BCUT2D eigenvalue weighted by molar-refractivity contribution is 0.230. The normalized spacial score (nSPS) is 17.8. The van der Waals surface area contributed by atoms with Crippen LogP contribution in [0.5, 0.6) is 0 Å². The molecule has 1 saturated carbocycles. The molecule has 0 radical (unpaired) electrons. The fourth-order valence-electron chi connectivity index (χ4n) is 2.89. The second kappa shape index (κ2) is 9.90. The summed E-state index contributed by atoms with van der Waals surface area (Å²) < 4.78 is 0. The molecule has 1 aliphatic rings. The smallest absolute Gasteiger partial charge is 0.000661 e. The highest BCUT2D eigenvalue weighted by Gasteiger charge is 2.14. The molecule has 1 N–H and O–H groups in total. The Bertz CT molecular complexity index is 164. The third-order valence-electron chi connectivity index (χ3n) is 3.94. The van der Waals surface area contributed by atoms with Gasteiger partial charge in [0.15, 0.2) is 0 Å². The van der Waals surface area contributed by atoms with Gasteiger partial charge in [0.05, 0.1) is 0 Å². The Kier molecular flexibility index (Phi) is 8.72. The average molecular weight is 240 g/mol. The first-order chi connectivity index (χ1) is 8.33. The third-order valence-corrected chi connectivity index (χ3v) is 3.94. The van der Waals surface area contributed by atoms with Crippen LogP contribution in [0.2, 0.25) is 0 Å². The summed E-state index contributed by atoms with van der Waals surface area (Å²) in [5, 5.41) is 3.39. The standard InChI is InChI=1S/C15H32N2/c1-3-16-12-8-5-9-13-17(2)14-15-10-6-4-7-11-15/h15-16H,3-14H2,1-2H3. The van der Waals surface area contributed by atoms with Gasteiger partial charge in [0.25, 0.3) is 0 Å². The molecule has 0 saturated heterocycles. The molecule has 17 heavy (non-hydrogen) atoms. The van der Waals surface area contributed by atoms with Gasteiger partial charge in [-0.05, 0) is 58.3 Å². The number of nitrogens with zero attached hydrogens (tertiary/aromatic N) is 1. The lowest BCUT2D eigenvalue weighted by Gasteiger charge is -2.26. The molecular weight excluding hydrogens is 208 g/mol. The van der Waals surface area contributed by atoms with Crippen molar-refractivity contribution < 1.29 is 0 Å². The molecule has 1 rings (SSSR count). The third kappa shape index (κ3) is 7.77. The van der Waals surface area contributed by atoms with E-state index >= 15 is 0 Å². The number of hydrogen-bond donors (Lipinski definition) is 1. The Morgan fingerprint density at radius 3 is 2.53 bits per heavy atom. The molecule has 0 aromatic rings. The van der Waals surface area contributed by atoms with Gasteiger partial charge in [0.1, 0.15) is 0 Å². The molecule has 1 fully saturated rings. The van der Waals surface area contributed by atoms with E-state index in [1.807, 2.05) is 0 Å². The van der Waals surface area contributed by atoms with E-state index in [0.29, 0.717) is 0 Å². The van der Waals surface area contributed by atoms with Crippen molar-refractivity contribution in [1.29, 1.82) is 0 Å². The minimum atomic E-state index is 0.996. The second-order valence-electron chi connectivity index (χ2n) is 5.68. The number of nitrogens with one attached hydrogen (secondary N) is 1. The van der Waals surface area contributed by atoms with Crippen LogP contribution in [0.15, 0.2) is 0 Å². The van der Waals surface area contributed by atoms with E-state index < -0.39 is 0 Å². The minimum Gasteiger partial charge on any atom is -0.317 e. The second-order valence-corrected chi connectivity index (χ2v) is 5.68. The summed E-state index contributed by atoms with van der Waals surface area (Å²) in [7, 11) is 2.30. The highest BCUT2D eigenvalue weighted by atomic mass is 15.1. The molecule has 0 aliphatic heterocycles. The quantitative estimate of drug-likeness (QED) is 0.622. The van der Waals surface area contributed by atoms with Crippen LogP contribution in [-0.2, 0) is 0 Å². The molecule has 0 spiro atoms. The zero-order chi connectivity index (χ0) is 12.3. The highest BCUT2D eigenvalue weighted by Crippen LogP contribution is 2.24. The largest absolute Gasteiger partial charge is 0.317 e. The van der Waals surface area contributed by atoms with Crippen LogP contribution in [0.3, 0.4) is 0 Å². The van der Waals surface area contributed by atoms with Gasteiger partial charge < -0.3 is 10.2 Å². The van der Waals surface area contributed by atoms with Gasteiger partial charge in [-0.15, -0.1) is 0 Å². The summed E-state index contributed by atoms with van der Waals surface area (Å²) in [5.74, 6) is 0.996. The van der Waals surface area contributed by atoms with Gasteiger partial charge in [-0.3, -0.25) is 0 Å². The Balaban J connectivity index is 1.91. The first-order valence-corrected chi connectivity index (χ1v) is 7.72. The van der Waals surface area contributed by atoms with E-state index in [0.717, 1.165) is 12.5 Å². The first kappa shape index (κ1) is 15.0. The summed E-state index contributed by atoms with van der Waals surface area (Å²) in [6.07, 6.45) is 11.5. The van der Waals surface area contributed by atoms with Crippen LogP contribution in [0.25, 0.3) is 0 Å². The van der Waals surface area contributed by atoms with Crippen molar-refractivity contribution >= 4 is 0 Å². The molecule has 0 amide bonds. The summed E-state index contributed by atoms with van der Waals surface area (Å²) in [6, 6.07) is 0. The lowest BCUT2D eigenvalue weighted by atomic mass is 9.89. The van der Waals surface area contributed by atoms with Crippen LogP contribution >= 0.6 is 0 Å². The molecule has 102 valence electrons. The van der Waals surface area contributed by atoms with Crippen LogP contribution in [0.4, 0.5) is 0 Å². The van der Waals surface area contributed by atoms with Crippen molar-refractivity contribution in [3.63, 3.8) is 0 Å². The molecule has 0 atom stereocenters. The Hall–Kier alpha value is -0.0800. The lowest BCUT2D eigenvalue weighted by Crippen LogP contribution is -2.28. The van der Waals surface area contributed by atoms with Crippen LogP contribution in [0.1, 0.15) is 58.3 Å². The predicted octanol–water partition coefficient (Wildman–Crippen LogP) is 3.28. The molecule has 0 aromatic carbocycles. The van der Waals surface area contributed by atoms with E-state index in [1.54, 1.807) is 0 Å². The van der Waals surface area contributed by atoms with Crippen LogP contribution < -0.4 is 5.32 Å². The van der Waals surface area contributed by atoms with Crippen LogP contribution in [0, 0.1) is 5.92 Å². The molecule has 0 bridgehead atoms. The van der Waals surface area contributed by atoms with Crippen LogP contribution in [-0.4, -0.2) is 38.1 Å². The number of unbranched alkanes of at least 4 members (excludes halogenated alkanes) is 2. The van der Waals surface area contributed by atoms with E-state index in [1.165, 1.54) is 71.0 Å². The van der Waals surface area contributed by atoms with E-state index in [4.69, 9.17) is 0 Å². The van der Waals surface area contributed by atoms with E-state index in [9.17, 15) is 0 Å². The minimum absolute atomic E-state index is 0.996. The first-order valence-electron chi connectivity index (χ1n) is 7.72. The van der Waals surface area contributed by atoms with Gasteiger partial charge in [0.2, 0.25) is 0 Å². The van der Waals surface area contributed by atoms with Gasteiger partial charge in [0, 0.05) is 6.54 Å². The van der Waals surface area contributed by atoms with E-state index in [2.05, 4.69) is 24.2 Å². The molecule has 0 heterocycles. The maximum atomic E-state index is 3.39. The van der Waals surface area contributed by atoms with Crippen molar-refractivity contribution in [1.82, 2.24) is 10.2 Å². The van der Waals surface area contributed by atoms with Crippen molar-refractivity contribution in [3.05, 3.63) is 0 Å². The SMILES string of the molecule is CCNCCCCCN(C)CC1CCCCC1. The van der Waals surface area contributed by atoms with E-state index in [-0.39, 0.29) is 0 Å². The average Bonchev–Trinajstić information content (AvgIpc) is 2.35. The van der Waals surface area contributed by atoms with Gasteiger partial charge in [-0.1, -0.05) is 32.6 Å². The van der Waals surface area contributed by atoms with Gasteiger partial charge >= 0.3 is 0 Å². The fraction of sp³-hybridized carbons (Fsp3) is 1.00. The maximum Gasteiger partial charge on any atom is 0.000661 e. The summed E-state index contributed by atoms with van der Waals surface area (Å²) in [4.78, 5) is 2.56. The fourth-order valence-corrected chi connectivity index (χ4v) is 2.89. The monoisotopic (exact) mass is 240 g/mol. The molecule has 1 aliphatic carbocycles. The Morgan fingerprint density at radius 1 is 1.06 bits per heavy atom. The summed E-state index contributed by atoms with van der Waals surface area (Å²) in [6.45, 7) is 7.12. The topological polar surface area (TPSA) is 15.3 Å². The van der Waals surface area contributed by atoms with Crippen molar-refractivity contribution in [3.8, 4) is 0 Å². The van der Waals surface area contributed by atoms with Crippen molar-refractivity contribution in [2.75, 3.05) is 33.2 Å². The molecule has 0 aromatic heterocycles. The Morgan fingerprint density at radius 2 is 1.82 bits per heavy atom. The molecule has 2 nitrogen and oxygen atoms in total. The predicted molar refractivity (Wildman–Crippen MR) is 76.5 cm³/mol. The number of hydrogen-bond acceptors (Lipinski definition) is 2. The zero-order valence-electron chi connectivity index (χ0n) is 12.0. The summed E-state index contributed by atoms with van der Waals surface area (Å²) >= 11 is 0. The van der Waals surface area contributed by atoms with Gasteiger partial charge in [-0.25, -0.2) is 0 Å². The van der Waals surface area contributed by atoms with Gasteiger partial charge in [-0.2, -0.15) is 0 Å².